The van der Waals surface area contributed by atoms with Gasteiger partial charge in [-0.05, 0) is 30.7 Å². The smallest absolute Gasteiger partial charge is 0.307 e. The van der Waals surface area contributed by atoms with Crippen molar-refractivity contribution in [1.29, 1.82) is 0 Å². The van der Waals surface area contributed by atoms with Crippen molar-refractivity contribution < 1.29 is 14.6 Å². The van der Waals surface area contributed by atoms with E-state index in [0.717, 1.165) is 18.4 Å². The van der Waals surface area contributed by atoms with Gasteiger partial charge in [0.25, 0.3) is 0 Å². The summed E-state index contributed by atoms with van der Waals surface area (Å²) in [5.74, 6) is -1.13. The molecule has 2 N–H and O–H groups in total. The normalized spacial score (nSPS) is 18.4. The van der Waals surface area contributed by atoms with Gasteiger partial charge in [0.2, 0.25) is 0 Å². The van der Waals surface area contributed by atoms with E-state index >= 15 is 0 Å². The molecule has 1 unspecified atom stereocenters. The minimum Gasteiger partial charge on any atom is -0.481 e. The first-order chi connectivity index (χ1) is 11.3. The van der Waals surface area contributed by atoms with Gasteiger partial charge in [-0.15, -0.1) is 10.2 Å². The molecule has 7 heteroatoms. The molecule has 3 rings (SSSR count). The highest BCUT2D eigenvalue weighted by atomic mass is 16.5. The van der Waals surface area contributed by atoms with Gasteiger partial charge < -0.3 is 9.84 Å². The molecule has 0 bridgehead atoms. The molecule has 1 fully saturated rings. The summed E-state index contributed by atoms with van der Waals surface area (Å²) in [6.45, 7) is 1.22. The van der Waals surface area contributed by atoms with E-state index in [-0.39, 0.29) is 11.8 Å². The van der Waals surface area contributed by atoms with Crippen LogP contribution in [0, 0.1) is 11.8 Å². The predicted molar refractivity (Wildman–Crippen MR) is 81.7 cm³/mol. The van der Waals surface area contributed by atoms with Crippen molar-refractivity contribution in [3.05, 3.63) is 41.7 Å². The third-order valence-corrected chi connectivity index (χ3v) is 4.48. The molecule has 1 aromatic carbocycles. The molecule has 7 nitrogen and oxygen atoms in total. The Hall–Kier alpha value is -2.28. The highest BCUT2D eigenvalue weighted by Gasteiger charge is 2.39. The standard InChI is InChI=1S/C16H20N4O3/c21-16(22)14(12-6-8-23-9-7-12)13(15-17-19-20-18-15)10-11-4-2-1-3-5-11/h1-5,12-14H,6-10H2,(H,21,22)(H,17,18,19,20)/t13-,14?/m0/s1. The lowest BCUT2D eigenvalue weighted by molar-refractivity contribution is -0.146. The van der Waals surface area contributed by atoms with Gasteiger partial charge in [0, 0.05) is 19.1 Å². The number of aromatic nitrogens is 4. The number of aromatic amines is 1. The van der Waals surface area contributed by atoms with Crippen LogP contribution in [-0.2, 0) is 16.0 Å². The quantitative estimate of drug-likeness (QED) is 0.840. The summed E-state index contributed by atoms with van der Waals surface area (Å²) in [7, 11) is 0. The summed E-state index contributed by atoms with van der Waals surface area (Å²) >= 11 is 0. The van der Waals surface area contributed by atoms with Gasteiger partial charge >= 0.3 is 5.97 Å². The lowest BCUT2D eigenvalue weighted by Gasteiger charge is -2.31. The number of nitrogens with one attached hydrogen (secondary N) is 1. The number of rotatable bonds is 6. The van der Waals surface area contributed by atoms with Crippen LogP contribution in [0.2, 0.25) is 0 Å². The Morgan fingerprint density at radius 3 is 2.65 bits per heavy atom. The summed E-state index contributed by atoms with van der Waals surface area (Å²) < 4.78 is 5.38. The number of carboxylic acids is 1. The zero-order valence-electron chi connectivity index (χ0n) is 12.8. The number of hydrogen-bond acceptors (Lipinski definition) is 5. The molecule has 0 saturated carbocycles. The van der Waals surface area contributed by atoms with Crippen LogP contribution in [0.15, 0.2) is 30.3 Å². The molecule has 0 amide bonds. The average Bonchev–Trinajstić information content (AvgIpc) is 3.10. The Labute approximate surface area is 134 Å². The van der Waals surface area contributed by atoms with E-state index in [0.29, 0.717) is 25.5 Å². The first kappa shape index (κ1) is 15.6. The number of hydrogen-bond donors (Lipinski definition) is 2. The van der Waals surface area contributed by atoms with Crippen LogP contribution in [0.1, 0.15) is 30.1 Å². The van der Waals surface area contributed by atoms with Gasteiger partial charge in [0.1, 0.15) is 0 Å². The maximum Gasteiger partial charge on any atom is 0.307 e. The van der Waals surface area contributed by atoms with Crippen molar-refractivity contribution in [1.82, 2.24) is 20.6 Å². The molecule has 23 heavy (non-hydrogen) atoms. The number of benzene rings is 1. The predicted octanol–water partition coefficient (Wildman–Crippen LogP) is 1.65. The molecular formula is C16H20N4O3. The van der Waals surface area contributed by atoms with Crippen LogP contribution in [0.25, 0.3) is 0 Å². The van der Waals surface area contributed by atoms with Crippen molar-refractivity contribution in [3.8, 4) is 0 Å². The highest BCUT2D eigenvalue weighted by molar-refractivity contribution is 5.71. The molecule has 0 radical (unpaired) electrons. The first-order valence-corrected chi connectivity index (χ1v) is 7.83. The van der Waals surface area contributed by atoms with Crippen molar-refractivity contribution in [3.63, 3.8) is 0 Å². The second-order valence-electron chi connectivity index (χ2n) is 5.88. The van der Waals surface area contributed by atoms with Gasteiger partial charge in [-0.1, -0.05) is 35.5 Å². The minimum absolute atomic E-state index is 0.0634. The Balaban J connectivity index is 1.90. The van der Waals surface area contributed by atoms with Crippen molar-refractivity contribution in [2.45, 2.75) is 25.2 Å². The van der Waals surface area contributed by atoms with Gasteiger partial charge in [-0.25, -0.2) is 0 Å². The second kappa shape index (κ2) is 7.32. The van der Waals surface area contributed by atoms with Crippen LogP contribution >= 0.6 is 0 Å². The Bertz CT molecular complexity index is 612. The van der Waals surface area contributed by atoms with Crippen molar-refractivity contribution in [2.75, 3.05) is 13.2 Å². The molecule has 1 aliphatic rings. The minimum atomic E-state index is -0.803. The Morgan fingerprint density at radius 2 is 2.04 bits per heavy atom. The van der Waals surface area contributed by atoms with Crippen LogP contribution < -0.4 is 0 Å². The van der Waals surface area contributed by atoms with E-state index in [1.165, 1.54) is 0 Å². The van der Waals surface area contributed by atoms with Gasteiger partial charge in [-0.2, -0.15) is 5.21 Å². The second-order valence-corrected chi connectivity index (χ2v) is 5.88. The van der Waals surface area contributed by atoms with Gasteiger partial charge in [-0.3, -0.25) is 4.79 Å². The van der Waals surface area contributed by atoms with Crippen molar-refractivity contribution in [2.24, 2.45) is 11.8 Å². The molecule has 2 heterocycles. The number of carbonyl (C=O) groups is 1. The topological polar surface area (TPSA) is 101 Å². The van der Waals surface area contributed by atoms with Crippen LogP contribution in [0.4, 0.5) is 0 Å². The number of carboxylic acid groups (broad SMARTS) is 1. The number of ether oxygens (including phenoxy) is 1. The Kier molecular flexibility index (Phi) is 4.97. The number of H-pyrrole nitrogens is 1. The molecular weight excluding hydrogens is 296 g/mol. The molecule has 1 saturated heterocycles. The van der Waals surface area contributed by atoms with E-state index < -0.39 is 11.9 Å². The first-order valence-electron chi connectivity index (χ1n) is 7.83. The molecule has 122 valence electrons. The maximum atomic E-state index is 12.0. The summed E-state index contributed by atoms with van der Waals surface area (Å²) in [6, 6.07) is 9.84. The van der Waals surface area contributed by atoms with E-state index in [9.17, 15) is 9.90 Å². The van der Waals surface area contributed by atoms with Gasteiger partial charge in [0.05, 0.1) is 5.92 Å². The zero-order chi connectivity index (χ0) is 16.1. The average molecular weight is 316 g/mol. The number of nitrogens with zero attached hydrogens (tertiary/aromatic N) is 3. The van der Waals surface area contributed by atoms with Crippen LogP contribution in [0.3, 0.4) is 0 Å². The van der Waals surface area contributed by atoms with E-state index in [1.54, 1.807) is 0 Å². The number of aliphatic carboxylic acids is 1. The SMILES string of the molecule is O=C(O)C(C1CCOCC1)[C@H](Cc1ccccc1)c1nn[nH]n1. The molecule has 1 aromatic heterocycles. The molecule has 0 spiro atoms. The van der Waals surface area contributed by atoms with Crippen LogP contribution in [0.5, 0.6) is 0 Å². The van der Waals surface area contributed by atoms with Crippen molar-refractivity contribution >= 4 is 5.97 Å². The van der Waals surface area contributed by atoms with E-state index in [2.05, 4.69) is 20.6 Å². The fourth-order valence-electron chi connectivity index (χ4n) is 3.35. The number of tetrazole rings is 1. The van der Waals surface area contributed by atoms with E-state index in [4.69, 9.17) is 4.74 Å². The molecule has 0 aliphatic carbocycles. The lowest BCUT2D eigenvalue weighted by Crippen LogP contribution is -2.35. The lowest BCUT2D eigenvalue weighted by atomic mass is 9.75. The summed E-state index contributed by atoms with van der Waals surface area (Å²) in [4.78, 5) is 12.0. The third-order valence-electron chi connectivity index (χ3n) is 4.48. The maximum absolute atomic E-state index is 12.0. The monoisotopic (exact) mass is 316 g/mol. The summed E-state index contributed by atoms with van der Waals surface area (Å²) in [6.07, 6.45) is 2.08. The van der Waals surface area contributed by atoms with E-state index in [1.807, 2.05) is 30.3 Å². The molecule has 2 atom stereocenters. The summed E-state index contributed by atoms with van der Waals surface area (Å²) in [5, 5.41) is 24.0. The third kappa shape index (κ3) is 3.73. The molecule has 1 aliphatic heterocycles. The van der Waals surface area contributed by atoms with Gasteiger partial charge in [0.15, 0.2) is 5.82 Å². The fraction of sp³-hybridized carbons (Fsp3) is 0.500. The highest BCUT2D eigenvalue weighted by Crippen LogP contribution is 2.36. The van der Waals surface area contributed by atoms with Crippen LogP contribution in [-0.4, -0.2) is 44.9 Å². The zero-order valence-corrected chi connectivity index (χ0v) is 12.8. The largest absolute Gasteiger partial charge is 0.481 e. The fourth-order valence-corrected chi connectivity index (χ4v) is 3.35. The summed E-state index contributed by atoms with van der Waals surface area (Å²) in [5.41, 5.74) is 1.07. The Morgan fingerprint density at radius 1 is 1.30 bits per heavy atom. The molecule has 2 aromatic rings.